The molecule has 3 rings (SSSR count). The fraction of sp³-hybridized carbons (Fsp3) is 0.438. The number of nitrogens with zero attached hydrogens (tertiary/aromatic N) is 2. The highest BCUT2D eigenvalue weighted by atomic mass is 16.5. The Morgan fingerprint density at radius 1 is 1.15 bits per heavy atom. The van der Waals surface area contributed by atoms with E-state index in [2.05, 4.69) is 0 Å². The minimum Gasteiger partial charge on any atom is -0.497 e. The van der Waals surface area contributed by atoms with Crippen LogP contribution in [0.2, 0.25) is 0 Å². The summed E-state index contributed by atoms with van der Waals surface area (Å²) in [4.78, 5) is 0. The third kappa shape index (κ3) is 2.50. The molecule has 0 spiro atoms. The Hall–Kier alpha value is -1.97. The molecule has 1 aliphatic carbocycles. The standard InChI is InChI=1S/C16H21N3O/c1-20-14-9-7-12(8-10-14)15-11-16(17)19(18-15)13-5-3-2-4-6-13/h7-11,13H,2-6,17H2,1H3. The first-order valence-electron chi connectivity index (χ1n) is 7.27. The van der Waals surface area contributed by atoms with E-state index in [1.165, 1.54) is 32.1 Å². The van der Waals surface area contributed by atoms with Crippen molar-refractivity contribution in [3.63, 3.8) is 0 Å². The van der Waals surface area contributed by atoms with Gasteiger partial charge in [-0.05, 0) is 37.1 Å². The van der Waals surface area contributed by atoms with Crippen molar-refractivity contribution in [3.05, 3.63) is 30.3 Å². The summed E-state index contributed by atoms with van der Waals surface area (Å²) in [6.07, 6.45) is 6.27. The largest absolute Gasteiger partial charge is 0.497 e. The van der Waals surface area contributed by atoms with Crippen molar-refractivity contribution in [2.45, 2.75) is 38.1 Å². The monoisotopic (exact) mass is 271 g/mol. The Labute approximate surface area is 119 Å². The molecule has 0 atom stereocenters. The molecule has 1 fully saturated rings. The molecular formula is C16H21N3O. The Kier molecular flexibility index (Phi) is 3.63. The van der Waals surface area contributed by atoms with Crippen LogP contribution in [0, 0.1) is 0 Å². The Bertz CT molecular complexity index is 568. The molecule has 2 N–H and O–H groups in total. The zero-order valence-corrected chi connectivity index (χ0v) is 11.9. The first kappa shape index (κ1) is 13.0. The van der Waals surface area contributed by atoms with Gasteiger partial charge in [-0.25, -0.2) is 4.68 Å². The second kappa shape index (κ2) is 5.57. The van der Waals surface area contributed by atoms with Gasteiger partial charge in [-0.15, -0.1) is 0 Å². The van der Waals surface area contributed by atoms with Gasteiger partial charge < -0.3 is 10.5 Å². The van der Waals surface area contributed by atoms with Crippen LogP contribution in [0.3, 0.4) is 0 Å². The van der Waals surface area contributed by atoms with Crippen LogP contribution >= 0.6 is 0 Å². The topological polar surface area (TPSA) is 53.1 Å². The van der Waals surface area contributed by atoms with E-state index in [0.29, 0.717) is 6.04 Å². The smallest absolute Gasteiger partial charge is 0.122 e. The minimum absolute atomic E-state index is 0.468. The van der Waals surface area contributed by atoms with Gasteiger partial charge in [0.25, 0.3) is 0 Å². The highest BCUT2D eigenvalue weighted by molar-refractivity contribution is 5.63. The number of aromatic nitrogens is 2. The van der Waals surface area contributed by atoms with Crippen molar-refractivity contribution in [1.29, 1.82) is 0 Å². The Morgan fingerprint density at radius 3 is 2.50 bits per heavy atom. The molecule has 0 amide bonds. The molecule has 0 bridgehead atoms. The van der Waals surface area contributed by atoms with Gasteiger partial charge in [-0.1, -0.05) is 19.3 Å². The molecule has 20 heavy (non-hydrogen) atoms. The number of nitrogen functional groups attached to an aromatic ring is 1. The molecule has 1 heterocycles. The van der Waals surface area contributed by atoms with E-state index in [-0.39, 0.29) is 0 Å². The van der Waals surface area contributed by atoms with Crippen LogP contribution in [0.5, 0.6) is 5.75 Å². The fourth-order valence-corrected chi connectivity index (χ4v) is 2.93. The maximum Gasteiger partial charge on any atom is 0.122 e. The van der Waals surface area contributed by atoms with E-state index >= 15 is 0 Å². The van der Waals surface area contributed by atoms with Gasteiger partial charge in [0.1, 0.15) is 11.6 Å². The molecule has 0 unspecified atom stereocenters. The number of methoxy groups -OCH3 is 1. The predicted molar refractivity (Wildman–Crippen MR) is 80.7 cm³/mol. The minimum atomic E-state index is 0.468. The third-order valence-corrected chi connectivity index (χ3v) is 4.07. The molecular weight excluding hydrogens is 250 g/mol. The summed E-state index contributed by atoms with van der Waals surface area (Å²) in [6.45, 7) is 0. The van der Waals surface area contributed by atoms with E-state index in [1.54, 1.807) is 7.11 Å². The average molecular weight is 271 g/mol. The molecule has 1 saturated carbocycles. The summed E-state index contributed by atoms with van der Waals surface area (Å²) in [7, 11) is 1.67. The molecule has 0 radical (unpaired) electrons. The Balaban J connectivity index is 1.86. The molecule has 1 aliphatic rings. The number of ether oxygens (including phenoxy) is 1. The lowest BCUT2D eigenvalue weighted by atomic mass is 9.96. The molecule has 0 aliphatic heterocycles. The zero-order chi connectivity index (χ0) is 13.9. The maximum absolute atomic E-state index is 6.14. The Morgan fingerprint density at radius 2 is 1.85 bits per heavy atom. The van der Waals surface area contributed by atoms with Gasteiger partial charge in [0.2, 0.25) is 0 Å². The van der Waals surface area contributed by atoms with E-state index in [9.17, 15) is 0 Å². The number of rotatable bonds is 3. The summed E-state index contributed by atoms with van der Waals surface area (Å²) in [5, 5.41) is 4.71. The number of nitrogens with two attached hydrogens (primary N) is 1. The van der Waals surface area contributed by atoms with Crippen molar-refractivity contribution in [2.24, 2.45) is 0 Å². The fourth-order valence-electron chi connectivity index (χ4n) is 2.93. The number of anilines is 1. The lowest BCUT2D eigenvalue weighted by Crippen LogP contribution is -2.16. The lowest BCUT2D eigenvalue weighted by Gasteiger charge is -2.22. The molecule has 2 aromatic rings. The van der Waals surface area contributed by atoms with Crippen LogP contribution in [-0.2, 0) is 0 Å². The third-order valence-electron chi connectivity index (χ3n) is 4.07. The van der Waals surface area contributed by atoms with Gasteiger partial charge in [-0.3, -0.25) is 0 Å². The van der Waals surface area contributed by atoms with Gasteiger partial charge in [0, 0.05) is 11.6 Å². The molecule has 4 nitrogen and oxygen atoms in total. The van der Waals surface area contributed by atoms with Gasteiger partial charge in [-0.2, -0.15) is 5.10 Å². The average Bonchev–Trinajstić information content (AvgIpc) is 2.90. The summed E-state index contributed by atoms with van der Waals surface area (Å²) in [5.41, 5.74) is 8.16. The van der Waals surface area contributed by atoms with Crippen molar-refractivity contribution in [3.8, 4) is 17.0 Å². The molecule has 4 heteroatoms. The predicted octanol–water partition coefficient (Wildman–Crippen LogP) is 3.65. The van der Waals surface area contributed by atoms with Crippen molar-refractivity contribution < 1.29 is 4.74 Å². The molecule has 106 valence electrons. The number of hydrogen-bond acceptors (Lipinski definition) is 3. The van der Waals surface area contributed by atoms with Gasteiger partial charge >= 0.3 is 0 Å². The van der Waals surface area contributed by atoms with Crippen molar-refractivity contribution >= 4 is 5.82 Å². The van der Waals surface area contributed by atoms with Crippen LogP contribution in [0.15, 0.2) is 30.3 Å². The molecule has 1 aromatic heterocycles. The molecule has 1 aromatic carbocycles. The van der Waals surface area contributed by atoms with E-state index < -0.39 is 0 Å². The van der Waals surface area contributed by atoms with Crippen LogP contribution in [-0.4, -0.2) is 16.9 Å². The first-order valence-corrected chi connectivity index (χ1v) is 7.27. The quantitative estimate of drug-likeness (QED) is 0.927. The summed E-state index contributed by atoms with van der Waals surface area (Å²) in [5.74, 6) is 1.62. The summed E-state index contributed by atoms with van der Waals surface area (Å²) in [6, 6.07) is 10.4. The highest BCUT2D eigenvalue weighted by Crippen LogP contribution is 2.31. The van der Waals surface area contributed by atoms with Gasteiger partial charge in [0.15, 0.2) is 0 Å². The summed E-state index contributed by atoms with van der Waals surface area (Å²) < 4.78 is 7.19. The lowest BCUT2D eigenvalue weighted by molar-refractivity contribution is 0.333. The second-order valence-electron chi connectivity index (χ2n) is 5.42. The van der Waals surface area contributed by atoms with Gasteiger partial charge in [0.05, 0.1) is 18.8 Å². The van der Waals surface area contributed by atoms with Crippen LogP contribution in [0.25, 0.3) is 11.3 Å². The van der Waals surface area contributed by atoms with E-state index in [1.807, 2.05) is 35.0 Å². The maximum atomic E-state index is 6.14. The summed E-state index contributed by atoms with van der Waals surface area (Å²) >= 11 is 0. The zero-order valence-electron chi connectivity index (χ0n) is 11.9. The molecule has 0 saturated heterocycles. The normalized spacial score (nSPS) is 16.2. The highest BCUT2D eigenvalue weighted by Gasteiger charge is 2.19. The first-order chi connectivity index (χ1) is 9.78. The second-order valence-corrected chi connectivity index (χ2v) is 5.42. The SMILES string of the molecule is COc1ccc(-c2cc(N)n(C3CCCCC3)n2)cc1. The van der Waals surface area contributed by atoms with Crippen LogP contribution in [0.4, 0.5) is 5.82 Å². The van der Waals surface area contributed by atoms with Crippen LogP contribution < -0.4 is 10.5 Å². The van der Waals surface area contributed by atoms with E-state index in [0.717, 1.165) is 22.8 Å². The van der Waals surface area contributed by atoms with Crippen molar-refractivity contribution in [1.82, 2.24) is 9.78 Å². The number of benzene rings is 1. The number of hydrogen-bond donors (Lipinski definition) is 1. The van der Waals surface area contributed by atoms with E-state index in [4.69, 9.17) is 15.6 Å². The van der Waals surface area contributed by atoms with Crippen LogP contribution in [0.1, 0.15) is 38.1 Å². The van der Waals surface area contributed by atoms with Crippen molar-refractivity contribution in [2.75, 3.05) is 12.8 Å².